The van der Waals surface area contributed by atoms with Gasteiger partial charge in [0, 0.05) is 13.1 Å². The second kappa shape index (κ2) is 5.18. The lowest BCUT2D eigenvalue weighted by Crippen LogP contribution is -2.07. The van der Waals surface area contributed by atoms with Crippen LogP contribution in [0, 0.1) is 17.0 Å². The first kappa shape index (κ1) is 12.6. The first-order valence-electron chi connectivity index (χ1n) is 5.60. The molecule has 96 valence electrons. The largest absolute Gasteiger partial charge is 0.360 e. The van der Waals surface area contributed by atoms with Crippen LogP contribution in [0.4, 0.5) is 11.5 Å². The van der Waals surface area contributed by atoms with E-state index >= 15 is 0 Å². The van der Waals surface area contributed by atoms with Gasteiger partial charge in [-0.25, -0.2) is 4.68 Å². The average Bonchev–Trinajstić information content (AvgIpc) is 2.92. The normalized spacial score (nSPS) is 10.6. The van der Waals surface area contributed by atoms with E-state index in [-0.39, 0.29) is 10.6 Å². The van der Waals surface area contributed by atoms with Gasteiger partial charge in [0.2, 0.25) is 5.82 Å². The zero-order valence-electron chi connectivity index (χ0n) is 10.2. The summed E-state index contributed by atoms with van der Waals surface area (Å²) in [6.07, 6.45) is 0. The molecule has 0 bridgehead atoms. The summed E-state index contributed by atoms with van der Waals surface area (Å²) in [5.41, 5.74) is 1.61. The van der Waals surface area contributed by atoms with Crippen molar-refractivity contribution in [2.75, 3.05) is 5.32 Å². The van der Waals surface area contributed by atoms with E-state index in [9.17, 15) is 10.1 Å². The van der Waals surface area contributed by atoms with Crippen LogP contribution in [0.1, 0.15) is 18.2 Å². The van der Waals surface area contributed by atoms with Crippen LogP contribution in [0.3, 0.4) is 0 Å². The maximum atomic E-state index is 11.0. The van der Waals surface area contributed by atoms with Gasteiger partial charge in [-0.3, -0.25) is 10.1 Å². The van der Waals surface area contributed by atoms with E-state index in [1.54, 1.807) is 22.9 Å². The highest BCUT2D eigenvalue weighted by atomic mass is 32.1. The summed E-state index contributed by atoms with van der Waals surface area (Å²) >= 11 is 1.60. The molecule has 0 aliphatic heterocycles. The number of aryl methyl sites for hydroxylation is 2. The molecule has 0 aliphatic rings. The fourth-order valence-electron chi connectivity index (χ4n) is 1.77. The minimum atomic E-state index is -0.384. The molecule has 1 N–H and O–H groups in total. The molecule has 2 aromatic rings. The SMILES string of the molecule is CCn1nc(C)c([N+](=O)[O-])c1NCc1ccsc1. The molecule has 0 aliphatic carbocycles. The number of aromatic nitrogens is 2. The van der Waals surface area contributed by atoms with Crippen LogP contribution in [0.2, 0.25) is 0 Å². The summed E-state index contributed by atoms with van der Waals surface area (Å²) in [6.45, 7) is 4.72. The molecular weight excluding hydrogens is 252 g/mol. The highest BCUT2D eigenvalue weighted by Crippen LogP contribution is 2.28. The van der Waals surface area contributed by atoms with Crippen molar-refractivity contribution < 1.29 is 4.92 Å². The molecule has 7 heteroatoms. The maximum absolute atomic E-state index is 11.0. The molecule has 2 aromatic heterocycles. The van der Waals surface area contributed by atoms with E-state index in [0.29, 0.717) is 24.6 Å². The van der Waals surface area contributed by atoms with Crippen LogP contribution in [-0.4, -0.2) is 14.7 Å². The molecule has 0 amide bonds. The van der Waals surface area contributed by atoms with E-state index in [1.807, 2.05) is 23.8 Å². The molecule has 0 unspecified atom stereocenters. The van der Waals surface area contributed by atoms with Crippen LogP contribution >= 0.6 is 11.3 Å². The minimum Gasteiger partial charge on any atom is -0.360 e. The zero-order valence-corrected chi connectivity index (χ0v) is 11.0. The molecule has 0 saturated carbocycles. The highest BCUT2D eigenvalue weighted by molar-refractivity contribution is 7.07. The van der Waals surface area contributed by atoms with E-state index < -0.39 is 0 Å². The van der Waals surface area contributed by atoms with Crippen LogP contribution in [0.5, 0.6) is 0 Å². The lowest BCUT2D eigenvalue weighted by atomic mass is 10.3. The Morgan fingerprint density at radius 3 is 2.94 bits per heavy atom. The van der Waals surface area contributed by atoms with Gasteiger partial charge in [-0.15, -0.1) is 0 Å². The first-order chi connectivity index (χ1) is 8.63. The number of hydrogen-bond acceptors (Lipinski definition) is 5. The van der Waals surface area contributed by atoms with Crippen molar-refractivity contribution in [3.8, 4) is 0 Å². The van der Waals surface area contributed by atoms with Crippen LogP contribution < -0.4 is 5.32 Å². The van der Waals surface area contributed by atoms with Crippen molar-refractivity contribution in [3.63, 3.8) is 0 Å². The summed E-state index contributed by atoms with van der Waals surface area (Å²) in [5.74, 6) is 0.478. The smallest absolute Gasteiger partial charge is 0.333 e. The molecule has 0 radical (unpaired) electrons. The second-order valence-corrected chi connectivity index (χ2v) is 4.62. The minimum absolute atomic E-state index is 0.0621. The van der Waals surface area contributed by atoms with E-state index in [4.69, 9.17) is 0 Å². The van der Waals surface area contributed by atoms with Crippen LogP contribution in [0.25, 0.3) is 0 Å². The lowest BCUT2D eigenvalue weighted by molar-refractivity contribution is -0.384. The van der Waals surface area contributed by atoms with Crippen molar-refractivity contribution >= 4 is 22.8 Å². The summed E-state index contributed by atoms with van der Waals surface area (Å²) in [5, 5.41) is 22.3. The summed E-state index contributed by atoms with van der Waals surface area (Å²) in [4.78, 5) is 10.7. The van der Waals surface area contributed by atoms with Crippen molar-refractivity contribution in [2.45, 2.75) is 26.9 Å². The fourth-order valence-corrected chi connectivity index (χ4v) is 2.44. The topological polar surface area (TPSA) is 73.0 Å². The van der Waals surface area contributed by atoms with Gasteiger partial charge in [-0.1, -0.05) is 0 Å². The van der Waals surface area contributed by atoms with Crippen LogP contribution in [-0.2, 0) is 13.1 Å². The number of thiophene rings is 1. The second-order valence-electron chi connectivity index (χ2n) is 3.84. The lowest BCUT2D eigenvalue weighted by Gasteiger charge is -2.06. The molecule has 0 saturated heterocycles. The van der Waals surface area contributed by atoms with E-state index in [2.05, 4.69) is 10.4 Å². The van der Waals surface area contributed by atoms with Gasteiger partial charge < -0.3 is 5.32 Å². The predicted molar refractivity (Wildman–Crippen MR) is 70.9 cm³/mol. The monoisotopic (exact) mass is 266 g/mol. The summed E-state index contributed by atoms with van der Waals surface area (Å²) < 4.78 is 1.62. The predicted octanol–water partition coefficient (Wildman–Crippen LogP) is 2.79. The van der Waals surface area contributed by atoms with Gasteiger partial charge >= 0.3 is 5.69 Å². The summed E-state index contributed by atoms with van der Waals surface area (Å²) in [7, 11) is 0. The number of hydrogen-bond donors (Lipinski definition) is 1. The number of nitrogens with zero attached hydrogens (tertiary/aromatic N) is 3. The standard InChI is InChI=1S/C11H14N4O2S/c1-3-14-11(10(15(16)17)8(2)13-14)12-6-9-4-5-18-7-9/h4-5,7,12H,3,6H2,1-2H3. The average molecular weight is 266 g/mol. The van der Waals surface area contributed by atoms with Crippen molar-refractivity contribution in [3.05, 3.63) is 38.2 Å². The Labute approximate surface area is 108 Å². The number of rotatable bonds is 5. The quantitative estimate of drug-likeness (QED) is 0.667. The highest BCUT2D eigenvalue weighted by Gasteiger charge is 2.24. The first-order valence-corrected chi connectivity index (χ1v) is 6.54. The molecule has 0 aromatic carbocycles. The Bertz CT molecular complexity index is 548. The number of nitrogens with one attached hydrogen (secondary N) is 1. The molecule has 0 spiro atoms. The van der Waals surface area contributed by atoms with E-state index in [0.717, 1.165) is 5.56 Å². The Morgan fingerprint density at radius 1 is 1.61 bits per heavy atom. The Hall–Kier alpha value is -1.89. The van der Waals surface area contributed by atoms with Gasteiger partial charge in [0.15, 0.2) is 0 Å². The Morgan fingerprint density at radius 2 is 2.39 bits per heavy atom. The summed E-state index contributed by atoms with van der Waals surface area (Å²) in [6, 6.07) is 1.99. The van der Waals surface area contributed by atoms with Gasteiger partial charge in [-0.2, -0.15) is 16.4 Å². The molecular formula is C11H14N4O2S. The van der Waals surface area contributed by atoms with Gasteiger partial charge in [0.25, 0.3) is 0 Å². The van der Waals surface area contributed by atoms with E-state index in [1.165, 1.54) is 0 Å². The molecule has 2 heterocycles. The Kier molecular flexibility index (Phi) is 3.61. The molecule has 2 rings (SSSR count). The number of anilines is 1. The van der Waals surface area contributed by atoms with Crippen molar-refractivity contribution in [2.24, 2.45) is 0 Å². The third-order valence-corrected chi connectivity index (χ3v) is 3.35. The third kappa shape index (κ3) is 2.35. The Balaban J connectivity index is 2.27. The maximum Gasteiger partial charge on any atom is 0.333 e. The molecule has 0 atom stereocenters. The molecule has 6 nitrogen and oxygen atoms in total. The van der Waals surface area contributed by atoms with Crippen molar-refractivity contribution in [1.29, 1.82) is 0 Å². The molecule has 18 heavy (non-hydrogen) atoms. The van der Waals surface area contributed by atoms with Crippen molar-refractivity contribution in [1.82, 2.24) is 9.78 Å². The third-order valence-electron chi connectivity index (χ3n) is 2.62. The van der Waals surface area contributed by atoms with Gasteiger partial charge in [0.05, 0.1) is 4.92 Å². The van der Waals surface area contributed by atoms with Gasteiger partial charge in [0.1, 0.15) is 5.69 Å². The molecule has 0 fully saturated rings. The fraction of sp³-hybridized carbons (Fsp3) is 0.364. The number of nitro groups is 1. The van der Waals surface area contributed by atoms with Gasteiger partial charge in [-0.05, 0) is 36.2 Å². The zero-order chi connectivity index (χ0) is 13.1. The van der Waals surface area contributed by atoms with Crippen LogP contribution in [0.15, 0.2) is 16.8 Å².